The number of ether oxygens (including phenoxy) is 1. The number of anilines is 1. The van der Waals surface area contributed by atoms with Crippen LogP contribution in [0, 0.1) is 0 Å². The maximum absolute atomic E-state index is 13.2. The summed E-state index contributed by atoms with van der Waals surface area (Å²) >= 11 is 4.41. The molecule has 192 valence electrons. The van der Waals surface area contributed by atoms with Crippen LogP contribution in [0.5, 0.6) is 0 Å². The lowest BCUT2D eigenvalue weighted by Crippen LogP contribution is -2.48. The molecule has 0 radical (unpaired) electrons. The van der Waals surface area contributed by atoms with E-state index in [1.807, 2.05) is 6.07 Å². The van der Waals surface area contributed by atoms with E-state index in [4.69, 9.17) is 0 Å². The van der Waals surface area contributed by atoms with Gasteiger partial charge in [-0.1, -0.05) is 30.3 Å². The molecule has 2 aromatic carbocycles. The summed E-state index contributed by atoms with van der Waals surface area (Å²) in [5.41, 5.74) is 1.59. The second-order valence-corrected chi connectivity index (χ2v) is 10.9. The fourth-order valence-corrected chi connectivity index (χ4v) is 5.71. The molecule has 0 unspecified atom stereocenters. The van der Waals surface area contributed by atoms with Gasteiger partial charge in [0.25, 0.3) is 0 Å². The first-order chi connectivity index (χ1) is 17.0. The van der Waals surface area contributed by atoms with Crippen molar-refractivity contribution in [1.82, 2.24) is 9.21 Å². The molecule has 2 atom stereocenters. The van der Waals surface area contributed by atoms with Gasteiger partial charge in [-0.3, -0.25) is 9.59 Å². The number of hydrogen-bond acceptors (Lipinski definition) is 7. The molecule has 1 saturated heterocycles. The minimum Gasteiger partial charge on any atom is -0.465 e. The van der Waals surface area contributed by atoms with Gasteiger partial charge >= 0.3 is 5.97 Å². The normalized spacial score (nSPS) is 18.2. The van der Waals surface area contributed by atoms with Crippen LogP contribution in [0.2, 0.25) is 0 Å². The summed E-state index contributed by atoms with van der Waals surface area (Å²) in [5.74, 6) is -1.35. The molecule has 2 aromatic rings. The van der Waals surface area contributed by atoms with Crippen LogP contribution in [-0.2, 0) is 24.3 Å². The summed E-state index contributed by atoms with van der Waals surface area (Å²) in [6, 6.07) is 14.3. The summed E-state index contributed by atoms with van der Waals surface area (Å²) in [6.45, 7) is -0.162. The first kappa shape index (κ1) is 27.4. The van der Waals surface area contributed by atoms with E-state index in [0.29, 0.717) is 11.3 Å². The number of carbonyl (C=O) groups excluding carboxylic acids is 3. The Kier molecular flexibility index (Phi) is 8.93. The van der Waals surface area contributed by atoms with E-state index in [0.717, 1.165) is 15.3 Å². The minimum atomic E-state index is -3.90. The van der Waals surface area contributed by atoms with Crippen molar-refractivity contribution in [2.24, 2.45) is 0 Å². The second kappa shape index (κ2) is 11.7. The predicted molar refractivity (Wildman–Crippen MR) is 141 cm³/mol. The van der Waals surface area contributed by atoms with Gasteiger partial charge in [0.1, 0.15) is 6.04 Å². The van der Waals surface area contributed by atoms with Crippen molar-refractivity contribution in [2.75, 3.05) is 39.2 Å². The van der Waals surface area contributed by atoms with E-state index in [9.17, 15) is 22.8 Å². The average Bonchev–Trinajstić information content (AvgIpc) is 3.29. The SMILES string of the molecule is COC(=O)c1ccc(N(C)C(=O)CN(C)C(=O)[C@@H]2C[C@@H](S)CN2S(=O)(=O)/C=C/c2ccccc2)cc1. The van der Waals surface area contributed by atoms with Crippen LogP contribution in [0.1, 0.15) is 22.3 Å². The molecule has 0 bridgehead atoms. The van der Waals surface area contributed by atoms with E-state index in [2.05, 4.69) is 17.4 Å². The van der Waals surface area contributed by atoms with Crippen LogP contribution in [0.15, 0.2) is 60.0 Å². The average molecular weight is 532 g/mol. The molecule has 1 aliphatic rings. The molecule has 3 rings (SSSR count). The summed E-state index contributed by atoms with van der Waals surface area (Å²) in [4.78, 5) is 40.2. The van der Waals surface area contributed by atoms with Gasteiger partial charge in [-0.15, -0.1) is 0 Å². The number of esters is 1. The standard InChI is InChI=1S/C25H29N3O6S2/c1-26(17-23(29)27(2)20-11-9-19(10-12-20)25(31)34-3)24(30)22-15-21(35)16-28(22)36(32,33)14-13-18-7-5-4-6-8-18/h4-14,21-22,35H,15-17H2,1-3H3/b14-13+/t21-,22+/m1/s1. The summed E-state index contributed by atoms with van der Waals surface area (Å²) in [7, 11) is 0.403. The molecule has 9 nitrogen and oxygen atoms in total. The van der Waals surface area contributed by atoms with Crippen LogP contribution in [0.3, 0.4) is 0 Å². The highest BCUT2D eigenvalue weighted by Gasteiger charge is 2.42. The number of sulfonamides is 1. The van der Waals surface area contributed by atoms with E-state index < -0.39 is 27.9 Å². The van der Waals surface area contributed by atoms with Gasteiger partial charge < -0.3 is 14.5 Å². The highest BCUT2D eigenvalue weighted by Crippen LogP contribution is 2.27. The number of thiol groups is 1. The van der Waals surface area contributed by atoms with Crippen molar-refractivity contribution in [1.29, 1.82) is 0 Å². The van der Waals surface area contributed by atoms with Gasteiger partial charge in [-0.2, -0.15) is 16.9 Å². The molecule has 1 heterocycles. The van der Waals surface area contributed by atoms with E-state index in [-0.39, 0.29) is 30.7 Å². The maximum atomic E-state index is 13.2. The zero-order valence-corrected chi connectivity index (χ0v) is 22.0. The van der Waals surface area contributed by atoms with Crippen molar-refractivity contribution in [3.63, 3.8) is 0 Å². The number of benzene rings is 2. The third-order valence-corrected chi connectivity index (χ3v) is 7.79. The highest BCUT2D eigenvalue weighted by molar-refractivity contribution is 7.92. The Hall–Kier alpha value is -3.15. The molecule has 36 heavy (non-hydrogen) atoms. The Labute approximate surface area is 216 Å². The fourth-order valence-electron chi connectivity index (χ4n) is 3.82. The van der Waals surface area contributed by atoms with Crippen molar-refractivity contribution >= 4 is 52.2 Å². The topological polar surface area (TPSA) is 104 Å². The molecule has 1 aliphatic heterocycles. The molecule has 2 amide bonds. The van der Waals surface area contributed by atoms with Gasteiger partial charge in [-0.25, -0.2) is 13.2 Å². The lowest BCUT2D eigenvalue weighted by Gasteiger charge is -2.27. The fraction of sp³-hybridized carbons (Fsp3) is 0.320. The largest absolute Gasteiger partial charge is 0.465 e. The van der Waals surface area contributed by atoms with Gasteiger partial charge in [0.2, 0.25) is 21.8 Å². The van der Waals surface area contributed by atoms with Crippen LogP contribution in [-0.4, -0.2) is 81.0 Å². The summed E-state index contributed by atoms with van der Waals surface area (Å²) in [6.07, 6.45) is 1.72. The number of rotatable bonds is 8. The van der Waals surface area contributed by atoms with Gasteiger partial charge in [0.15, 0.2) is 0 Å². The Balaban J connectivity index is 1.68. The molecule has 0 saturated carbocycles. The third kappa shape index (κ3) is 6.54. The first-order valence-corrected chi connectivity index (χ1v) is 13.2. The zero-order valence-electron chi connectivity index (χ0n) is 20.3. The first-order valence-electron chi connectivity index (χ1n) is 11.2. The molecule has 0 N–H and O–H groups in total. The molecule has 0 aromatic heterocycles. The minimum absolute atomic E-state index is 0.0925. The van der Waals surface area contributed by atoms with Crippen molar-refractivity contribution in [3.8, 4) is 0 Å². The lowest BCUT2D eigenvalue weighted by atomic mass is 10.2. The smallest absolute Gasteiger partial charge is 0.337 e. The number of nitrogens with zero attached hydrogens (tertiary/aromatic N) is 3. The van der Waals surface area contributed by atoms with E-state index in [1.54, 1.807) is 43.4 Å². The molecule has 1 fully saturated rings. The number of carbonyl (C=O) groups is 3. The van der Waals surface area contributed by atoms with E-state index in [1.165, 1.54) is 42.2 Å². The van der Waals surface area contributed by atoms with E-state index >= 15 is 0 Å². The molecular formula is C25H29N3O6S2. The van der Waals surface area contributed by atoms with Crippen LogP contribution >= 0.6 is 12.6 Å². The molecule has 0 aliphatic carbocycles. The number of amides is 2. The number of likely N-dealkylation sites (N-methyl/N-ethyl adjacent to an activating group) is 2. The van der Waals surface area contributed by atoms with Crippen molar-refractivity contribution in [3.05, 3.63) is 71.1 Å². The van der Waals surface area contributed by atoms with Crippen LogP contribution < -0.4 is 4.90 Å². The zero-order chi connectivity index (χ0) is 26.5. The Morgan fingerprint density at radius 1 is 1.08 bits per heavy atom. The monoisotopic (exact) mass is 531 g/mol. The maximum Gasteiger partial charge on any atom is 0.337 e. The van der Waals surface area contributed by atoms with Crippen molar-refractivity contribution in [2.45, 2.75) is 17.7 Å². The predicted octanol–water partition coefficient (Wildman–Crippen LogP) is 2.27. The molecule has 11 heteroatoms. The number of methoxy groups -OCH3 is 1. The summed E-state index contributed by atoms with van der Waals surface area (Å²) in [5, 5.41) is 0.782. The third-order valence-electron chi connectivity index (χ3n) is 5.88. The number of hydrogen-bond donors (Lipinski definition) is 1. The van der Waals surface area contributed by atoms with Crippen LogP contribution in [0.4, 0.5) is 5.69 Å². The molecule has 0 spiro atoms. The Morgan fingerprint density at radius 2 is 1.72 bits per heavy atom. The quantitative estimate of drug-likeness (QED) is 0.414. The van der Waals surface area contributed by atoms with Gasteiger partial charge in [0, 0.05) is 37.0 Å². The van der Waals surface area contributed by atoms with Gasteiger partial charge in [-0.05, 0) is 42.3 Å². The van der Waals surface area contributed by atoms with Crippen LogP contribution in [0.25, 0.3) is 6.08 Å². The lowest BCUT2D eigenvalue weighted by molar-refractivity contribution is -0.136. The second-order valence-electron chi connectivity index (χ2n) is 8.42. The summed E-state index contributed by atoms with van der Waals surface area (Å²) < 4.78 is 31.9. The molecular weight excluding hydrogens is 502 g/mol. The van der Waals surface area contributed by atoms with Crippen molar-refractivity contribution < 1.29 is 27.5 Å². The highest BCUT2D eigenvalue weighted by atomic mass is 32.2. The Morgan fingerprint density at radius 3 is 2.33 bits per heavy atom. The Bertz CT molecular complexity index is 1230. The van der Waals surface area contributed by atoms with Gasteiger partial charge in [0.05, 0.1) is 19.2 Å².